The Morgan fingerprint density at radius 3 is 2.82 bits per heavy atom. The van der Waals surface area contributed by atoms with Crippen LogP contribution in [0.15, 0.2) is 42.7 Å². The largest absolute Gasteiger partial charge is 0.491 e. The van der Waals surface area contributed by atoms with Gasteiger partial charge in [0, 0.05) is 48.7 Å². The van der Waals surface area contributed by atoms with Crippen LogP contribution in [-0.4, -0.2) is 28.1 Å². The van der Waals surface area contributed by atoms with Gasteiger partial charge in [-0.3, -0.25) is 4.98 Å². The molecule has 1 atom stereocenters. The van der Waals surface area contributed by atoms with Crippen molar-refractivity contribution < 1.29 is 13.5 Å². The van der Waals surface area contributed by atoms with Crippen LogP contribution < -0.4 is 9.64 Å². The van der Waals surface area contributed by atoms with Gasteiger partial charge in [0.1, 0.15) is 5.69 Å². The number of ether oxygens (including phenoxy) is 1. The molecule has 4 rings (SSSR count). The van der Waals surface area contributed by atoms with E-state index in [9.17, 15) is 8.78 Å². The molecule has 1 aliphatic heterocycles. The van der Waals surface area contributed by atoms with Crippen LogP contribution in [-0.2, 0) is 6.42 Å². The molecular formula is C21H20F2N4O. The molecule has 7 heteroatoms. The van der Waals surface area contributed by atoms with Crippen LogP contribution in [0.3, 0.4) is 0 Å². The van der Waals surface area contributed by atoms with Crippen molar-refractivity contribution >= 4 is 5.69 Å². The van der Waals surface area contributed by atoms with Crippen molar-refractivity contribution in [2.24, 2.45) is 0 Å². The Hall–Kier alpha value is -3.09. The first-order valence-corrected chi connectivity index (χ1v) is 9.24. The van der Waals surface area contributed by atoms with Gasteiger partial charge in [0.05, 0.1) is 18.3 Å². The predicted octanol–water partition coefficient (Wildman–Crippen LogP) is 4.34. The van der Waals surface area contributed by atoms with Gasteiger partial charge in [-0.25, -0.2) is 14.4 Å². The summed E-state index contributed by atoms with van der Waals surface area (Å²) in [4.78, 5) is 15.5. The van der Waals surface area contributed by atoms with Crippen LogP contribution >= 0.6 is 0 Å². The highest BCUT2D eigenvalue weighted by Crippen LogP contribution is 2.36. The van der Waals surface area contributed by atoms with Gasteiger partial charge in [-0.15, -0.1) is 0 Å². The van der Waals surface area contributed by atoms with E-state index in [1.54, 1.807) is 25.4 Å². The number of hydrogen-bond donors (Lipinski definition) is 0. The summed E-state index contributed by atoms with van der Waals surface area (Å²) >= 11 is 0. The van der Waals surface area contributed by atoms with Gasteiger partial charge in [0.25, 0.3) is 0 Å². The van der Waals surface area contributed by atoms with Gasteiger partial charge >= 0.3 is 0 Å². The number of rotatable bonds is 4. The Balaban J connectivity index is 1.66. The van der Waals surface area contributed by atoms with E-state index in [4.69, 9.17) is 4.74 Å². The van der Waals surface area contributed by atoms with Crippen molar-refractivity contribution in [3.8, 4) is 17.3 Å². The lowest BCUT2D eigenvalue weighted by molar-refractivity contribution is 0.314. The van der Waals surface area contributed by atoms with Crippen molar-refractivity contribution in [1.82, 2.24) is 15.0 Å². The van der Waals surface area contributed by atoms with E-state index in [1.807, 2.05) is 30.0 Å². The van der Waals surface area contributed by atoms with Crippen LogP contribution in [0.25, 0.3) is 11.5 Å². The Kier molecular flexibility index (Phi) is 4.90. The molecule has 144 valence electrons. The molecule has 2 aromatic heterocycles. The maximum Gasteiger partial charge on any atom is 0.200 e. The highest BCUT2D eigenvalue weighted by atomic mass is 19.2. The summed E-state index contributed by atoms with van der Waals surface area (Å²) in [6, 6.07) is 8.29. The Morgan fingerprint density at radius 1 is 1.21 bits per heavy atom. The summed E-state index contributed by atoms with van der Waals surface area (Å²) in [6.07, 6.45) is 4.18. The molecule has 3 heterocycles. The second-order valence-electron chi connectivity index (χ2n) is 6.60. The van der Waals surface area contributed by atoms with Crippen LogP contribution in [0.2, 0.25) is 0 Å². The van der Waals surface area contributed by atoms with E-state index >= 15 is 0 Å². The number of fused-ring (bicyclic) bond motifs is 1. The van der Waals surface area contributed by atoms with Crippen LogP contribution in [0.1, 0.15) is 31.1 Å². The minimum Gasteiger partial charge on any atom is -0.491 e. The third-order valence-corrected chi connectivity index (χ3v) is 4.91. The smallest absolute Gasteiger partial charge is 0.200 e. The molecule has 1 unspecified atom stereocenters. The second-order valence-corrected chi connectivity index (χ2v) is 6.60. The molecule has 0 saturated heterocycles. The Bertz CT molecular complexity index is 997. The molecule has 0 spiro atoms. The van der Waals surface area contributed by atoms with E-state index in [0.29, 0.717) is 24.5 Å². The van der Waals surface area contributed by atoms with Gasteiger partial charge in [-0.1, -0.05) is 6.07 Å². The highest BCUT2D eigenvalue weighted by molar-refractivity contribution is 5.56. The monoisotopic (exact) mass is 382 g/mol. The molecule has 1 aromatic carbocycles. The van der Waals surface area contributed by atoms with E-state index in [1.165, 1.54) is 6.07 Å². The zero-order valence-electron chi connectivity index (χ0n) is 15.7. The van der Waals surface area contributed by atoms with Crippen molar-refractivity contribution in [3.63, 3.8) is 0 Å². The second kappa shape index (κ2) is 7.50. The fourth-order valence-electron chi connectivity index (χ4n) is 3.51. The minimum atomic E-state index is -0.959. The maximum absolute atomic E-state index is 14.1. The van der Waals surface area contributed by atoms with Gasteiger partial charge in [0.15, 0.2) is 17.4 Å². The average Bonchev–Trinajstić information content (AvgIpc) is 2.72. The standard InChI is InChI=1S/C21H20F2N4O/c1-3-28-19-11-14(10-16(22)20(19)23)27-9-7-17-15(13(27)2)12-25-21(26-17)18-6-4-5-8-24-18/h4-6,8,10-13H,3,7,9H2,1-2H3. The SMILES string of the molecule is CCOc1cc(N2CCc3nc(-c4ccccn4)ncc3C2C)cc(F)c1F. The normalized spacial score (nSPS) is 16.0. The molecule has 0 saturated carbocycles. The molecule has 3 aromatic rings. The van der Waals surface area contributed by atoms with E-state index in [0.717, 1.165) is 17.0 Å². The van der Waals surface area contributed by atoms with Crippen LogP contribution in [0, 0.1) is 11.6 Å². The number of pyridine rings is 1. The first-order valence-electron chi connectivity index (χ1n) is 9.24. The molecule has 0 N–H and O–H groups in total. The van der Waals surface area contributed by atoms with Crippen molar-refractivity contribution in [2.75, 3.05) is 18.1 Å². The Labute approximate surface area is 162 Å². The Morgan fingerprint density at radius 2 is 2.07 bits per heavy atom. The van der Waals surface area contributed by atoms with Crippen LogP contribution in [0.5, 0.6) is 5.75 Å². The zero-order chi connectivity index (χ0) is 19.7. The summed E-state index contributed by atoms with van der Waals surface area (Å²) in [5.74, 6) is -1.36. The lowest BCUT2D eigenvalue weighted by Crippen LogP contribution is -2.35. The summed E-state index contributed by atoms with van der Waals surface area (Å²) in [7, 11) is 0. The summed E-state index contributed by atoms with van der Waals surface area (Å²) in [5, 5.41) is 0. The van der Waals surface area contributed by atoms with Gasteiger partial charge < -0.3 is 9.64 Å². The molecule has 0 bridgehead atoms. The van der Waals surface area contributed by atoms with Gasteiger partial charge in [-0.2, -0.15) is 4.39 Å². The quantitative estimate of drug-likeness (QED) is 0.672. The first kappa shape index (κ1) is 18.3. The van der Waals surface area contributed by atoms with Crippen molar-refractivity contribution in [3.05, 3.63) is 65.6 Å². The maximum atomic E-state index is 14.1. The fourth-order valence-corrected chi connectivity index (χ4v) is 3.51. The third-order valence-electron chi connectivity index (χ3n) is 4.91. The number of aromatic nitrogens is 3. The van der Waals surface area contributed by atoms with E-state index < -0.39 is 11.6 Å². The molecular weight excluding hydrogens is 362 g/mol. The van der Waals surface area contributed by atoms with Gasteiger partial charge in [-0.05, 0) is 26.0 Å². The van der Waals surface area contributed by atoms with Gasteiger partial charge in [0.2, 0.25) is 5.82 Å². The minimum absolute atomic E-state index is 0.0720. The average molecular weight is 382 g/mol. The number of anilines is 1. The zero-order valence-corrected chi connectivity index (χ0v) is 15.7. The topological polar surface area (TPSA) is 51.1 Å². The fraction of sp³-hybridized carbons (Fsp3) is 0.286. The summed E-state index contributed by atoms with van der Waals surface area (Å²) < 4.78 is 33.2. The van der Waals surface area contributed by atoms with Crippen molar-refractivity contribution in [1.29, 1.82) is 0 Å². The lowest BCUT2D eigenvalue weighted by Gasteiger charge is -2.36. The van der Waals surface area contributed by atoms with E-state index in [-0.39, 0.29) is 18.4 Å². The van der Waals surface area contributed by atoms with Crippen LogP contribution in [0.4, 0.5) is 14.5 Å². The lowest BCUT2D eigenvalue weighted by atomic mass is 9.98. The molecule has 0 fully saturated rings. The number of nitrogens with zero attached hydrogens (tertiary/aromatic N) is 4. The molecule has 0 amide bonds. The highest BCUT2D eigenvalue weighted by Gasteiger charge is 2.27. The number of benzene rings is 1. The molecule has 1 aliphatic rings. The molecule has 28 heavy (non-hydrogen) atoms. The molecule has 0 aliphatic carbocycles. The number of hydrogen-bond acceptors (Lipinski definition) is 5. The first-order chi connectivity index (χ1) is 13.6. The summed E-state index contributed by atoms with van der Waals surface area (Å²) in [6.45, 7) is 4.63. The van der Waals surface area contributed by atoms with Crippen molar-refractivity contribution in [2.45, 2.75) is 26.3 Å². The summed E-state index contributed by atoms with van der Waals surface area (Å²) in [5.41, 5.74) is 3.22. The molecule has 5 nitrogen and oxygen atoms in total. The third kappa shape index (κ3) is 3.28. The predicted molar refractivity (Wildman–Crippen MR) is 102 cm³/mol. The van der Waals surface area contributed by atoms with E-state index in [2.05, 4.69) is 15.0 Å². The molecule has 0 radical (unpaired) electrons. The number of halogens is 2.